The van der Waals surface area contributed by atoms with E-state index in [-0.39, 0.29) is 11.8 Å². The van der Waals surface area contributed by atoms with Crippen LogP contribution in [0.5, 0.6) is 0 Å². The lowest BCUT2D eigenvalue weighted by Gasteiger charge is -2.38. The molecule has 3 aromatic heterocycles. The summed E-state index contributed by atoms with van der Waals surface area (Å²) >= 11 is 0. The number of hydrogen-bond donors (Lipinski definition) is 0. The Bertz CT molecular complexity index is 1220. The number of fused-ring (bicyclic) bond motifs is 1. The summed E-state index contributed by atoms with van der Waals surface area (Å²) in [7, 11) is -1.73. The van der Waals surface area contributed by atoms with Crippen molar-refractivity contribution in [3.8, 4) is 0 Å². The van der Waals surface area contributed by atoms with Gasteiger partial charge in [-0.2, -0.15) is 4.31 Å². The Morgan fingerprint density at radius 3 is 2.47 bits per heavy atom. The summed E-state index contributed by atoms with van der Waals surface area (Å²) in [5.74, 6) is 0.848. The molecule has 32 heavy (non-hydrogen) atoms. The summed E-state index contributed by atoms with van der Waals surface area (Å²) in [6.45, 7) is 2.92. The number of hydrogen-bond acceptors (Lipinski definition) is 8. The Labute approximate surface area is 185 Å². The van der Waals surface area contributed by atoms with Crippen LogP contribution in [0.15, 0.2) is 35.5 Å². The number of aromatic nitrogens is 6. The maximum Gasteiger partial charge on any atom is 0.244 e. The molecule has 0 saturated carbocycles. The number of piperazine rings is 1. The summed E-state index contributed by atoms with van der Waals surface area (Å²) in [6.07, 6.45) is 4.79. The fourth-order valence-corrected chi connectivity index (χ4v) is 5.83. The third kappa shape index (κ3) is 3.81. The monoisotopic (exact) mass is 459 g/mol. The molecule has 3 aromatic rings. The van der Waals surface area contributed by atoms with Crippen LogP contribution in [0.3, 0.4) is 0 Å². The van der Waals surface area contributed by atoms with Crippen LogP contribution in [0.25, 0.3) is 5.65 Å². The largest absolute Gasteiger partial charge is 0.356 e. The van der Waals surface area contributed by atoms with Gasteiger partial charge in [0.05, 0.1) is 4.90 Å². The third-order valence-electron chi connectivity index (χ3n) is 6.22. The highest BCUT2D eigenvalue weighted by atomic mass is 32.2. The number of piperidine rings is 1. The molecular formula is C19H25N9O3S. The molecule has 5 heterocycles. The van der Waals surface area contributed by atoms with E-state index < -0.39 is 10.0 Å². The van der Waals surface area contributed by atoms with E-state index in [1.54, 1.807) is 30.1 Å². The van der Waals surface area contributed by atoms with Crippen molar-refractivity contribution in [3.63, 3.8) is 0 Å². The maximum atomic E-state index is 13.1. The Balaban J connectivity index is 1.16. The van der Waals surface area contributed by atoms with Crippen LogP contribution in [0.1, 0.15) is 12.8 Å². The van der Waals surface area contributed by atoms with Crippen LogP contribution in [-0.4, -0.2) is 92.6 Å². The molecule has 1 amide bonds. The van der Waals surface area contributed by atoms with Crippen molar-refractivity contribution in [2.45, 2.75) is 17.7 Å². The highest BCUT2D eigenvalue weighted by molar-refractivity contribution is 7.89. The number of nitrogens with zero attached hydrogens (tertiary/aromatic N) is 9. The van der Waals surface area contributed by atoms with Crippen molar-refractivity contribution < 1.29 is 13.2 Å². The Kier molecular flexibility index (Phi) is 5.29. The first-order chi connectivity index (χ1) is 15.4. The van der Waals surface area contributed by atoms with Crippen LogP contribution >= 0.6 is 0 Å². The van der Waals surface area contributed by atoms with E-state index in [1.807, 2.05) is 17.0 Å². The van der Waals surface area contributed by atoms with Gasteiger partial charge in [-0.1, -0.05) is 0 Å². The van der Waals surface area contributed by atoms with Crippen LogP contribution in [0.4, 0.5) is 5.82 Å². The van der Waals surface area contributed by atoms with E-state index in [1.165, 1.54) is 8.94 Å². The van der Waals surface area contributed by atoms with E-state index in [2.05, 4.69) is 25.5 Å². The predicted molar refractivity (Wildman–Crippen MR) is 114 cm³/mol. The Hall–Kier alpha value is -3.06. The molecule has 0 aromatic carbocycles. The summed E-state index contributed by atoms with van der Waals surface area (Å²) in [4.78, 5) is 17.3. The van der Waals surface area contributed by atoms with Gasteiger partial charge in [-0.3, -0.25) is 4.79 Å². The highest BCUT2D eigenvalue weighted by Crippen LogP contribution is 2.25. The van der Waals surface area contributed by atoms with Gasteiger partial charge in [-0.05, 0) is 41.5 Å². The van der Waals surface area contributed by atoms with Gasteiger partial charge in [-0.15, -0.1) is 14.8 Å². The second-order valence-electron chi connectivity index (χ2n) is 8.22. The van der Waals surface area contributed by atoms with Crippen molar-refractivity contribution in [1.82, 2.24) is 39.0 Å². The van der Waals surface area contributed by atoms with Gasteiger partial charge in [0.15, 0.2) is 11.5 Å². The van der Waals surface area contributed by atoms with Gasteiger partial charge >= 0.3 is 0 Å². The number of carbonyl (C=O) groups is 1. The first kappa shape index (κ1) is 20.8. The molecule has 2 saturated heterocycles. The van der Waals surface area contributed by atoms with Crippen molar-refractivity contribution in [2.75, 3.05) is 44.2 Å². The zero-order valence-corrected chi connectivity index (χ0v) is 18.6. The highest BCUT2D eigenvalue weighted by Gasteiger charge is 2.34. The van der Waals surface area contributed by atoms with E-state index in [0.29, 0.717) is 36.7 Å². The number of anilines is 1. The van der Waals surface area contributed by atoms with Crippen LogP contribution in [0, 0.1) is 5.92 Å². The fraction of sp³-hybridized carbons (Fsp3) is 0.526. The van der Waals surface area contributed by atoms with Crippen molar-refractivity contribution in [3.05, 3.63) is 30.6 Å². The van der Waals surface area contributed by atoms with Crippen molar-refractivity contribution in [2.24, 2.45) is 13.0 Å². The van der Waals surface area contributed by atoms with E-state index >= 15 is 0 Å². The number of aryl methyl sites for hydroxylation is 1. The normalized spacial score (nSPS) is 19.0. The molecule has 2 aliphatic rings. The van der Waals surface area contributed by atoms with Crippen LogP contribution in [0.2, 0.25) is 0 Å². The molecule has 0 bridgehead atoms. The van der Waals surface area contributed by atoms with Crippen LogP contribution in [-0.2, 0) is 21.9 Å². The quantitative estimate of drug-likeness (QED) is 0.517. The molecule has 0 atom stereocenters. The molecule has 0 aliphatic carbocycles. The smallest absolute Gasteiger partial charge is 0.244 e. The second-order valence-corrected chi connectivity index (χ2v) is 10.2. The molecule has 0 unspecified atom stereocenters. The Morgan fingerprint density at radius 2 is 1.78 bits per heavy atom. The summed E-state index contributed by atoms with van der Waals surface area (Å²) in [6, 6.07) is 5.31. The second kappa shape index (κ2) is 8.13. The molecular weight excluding hydrogens is 434 g/mol. The van der Waals surface area contributed by atoms with Gasteiger partial charge in [0.2, 0.25) is 15.9 Å². The number of tetrazole rings is 1. The van der Waals surface area contributed by atoms with Gasteiger partial charge in [-0.25, -0.2) is 8.42 Å². The summed E-state index contributed by atoms with van der Waals surface area (Å²) < 4.78 is 30.2. The number of rotatable bonds is 4. The topological polar surface area (TPSA) is 122 Å². The van der Waals surface area contributed by atoms with Gasteiger partial charge in [0.1, 0.15) is 0 Å². The maximum absolute atomic E-state index is 13.1. The lowest BCUT2D eigenvalue weighted by atomic mass is 9.95. The average molecular weight is 460 g/mol. The number of carbonyl (C=O) groups excluding carboxylic acids is 1. The van der Waals surface area contributed by atoms with E-state index in [9.17, 15) is 13.2 Å². The lowest BCUT2D eigenvalue weighted by Crippen LogP contribution is -2.52. The first-order valence-corrected chi connectivity index (χ1v) is 12.1. The molecule has 170 valence electrons. The van der Waals surface area contributed by atoms with Crippen LogP contribution < -0.4 is 4.90 Å². The minimum absolute atomic E-state index is 0.0553. The number of sulfonamides is 1. The third-order valence-corrected chi connectivity index (χ3v) is 8.10. The zero-order valence-electron chi connectivity index (χ0n) is 17.8. The van der Waals surface area contributed by atoms with Crippen molar-refractivity contribution in [1.29, 1.82) is 0 Å². The minimum atomic E-state index is -3.52. The average Bonchev–Trinajstić information content (AvgIpc) is 3.47. The molecule has 0 radical (unpaired) electrons. The summed E-state index contributed by atoms with van der Waals surface area (Å²) in [5, 5.41) is 15.7. The molecule has 2 fully saturated rings. The van der Waals surface area contributed by atoms with Gasteiger partial charge < -0.3 is 14.4 Å². The van der Waals surface area contributed by atoms with E-state index in [0.717, 1.165) is 31.7 Å². The van der Waals surface area contributed by atoms with Gasteiger partial charge in [0.25, 0.3) is 0 Å². The fourth-order valence-electron chi connectivity index (χ4n) is 4.35. The van der Waals surface area contributed by atoms with E-state index in [4.69, 9.17) is 0 Å². The molecule has 12 nitrogen and oxygen atoms in total. The van der Waals surface area contributed by atoms with Gasteiger partial charge in [0, 0.05) is 64.6 Å². The lowest BCUT2D eigenvalue weighted by molar-refractivity contribution is -0.137. The Morgan fingerprint density at radius 1 is 1.03 bits per heavy atom. The molecule has 0 N–H and O–H groups in total. The SMILES string of the molecule is Cn1ccc(S(=O)(=O)N2CCN(C(=O)C3CCN(c4ccc5nnnn5n4)CC3)CC2)c1. The zero-order chi connectivity index (χ0) is 22.3. The van der Waals surface area contributed by atoms with Crippen molar-refractivity contribution >= 4 is 27.4 Å². The standard InChI is InChI=1S/C19H25N9O3S/c1-24-7-6-16(14-24)32(30,31)27-12-10-26(11-13-27)19(29)15-4-8-25(9-5-15)18-3-2-17-20-22-23-28(17)21-18/h2-3,6-7,14-15H,4-5,8-13H2,1H3. The molecule has 5 rings (SSSR count). The minimum Gasteiger partial charge on any atom is -0.356 e. The first-order valence-electron chi connectivity index (χ1n) is 10.6. The summed E-state index contributed by atoms with van der Waals surface area (Å²) in [5.41, 5.74) is 0.590. The molecule has 13 heteroatoms. The molecule has 2 aliphatic heterocycles. The molecule has 0 spiro atoms. The predicted octanol–water partition coefficient (Wildman–Crippen LogP) is -0.393. The number of amides is 1.